The van der Waals surface area contributed by atoms with Crippen LogP contribution in [0.1, 0.15) is 98.3 Å². The predicted octanol–water partition coefficient (Wildman–Crippen LogP) is 5.40. The normalized spacial score (nSPS) is 34.6. The van der Waals surface area contributed by atoms with Gasteiger partial charge in [0.1, 0.15) is 29.5 Å². The Balaban J connectivity index is 1.15. The van der Waals surface area contributed by atoms with Crippen LogP contribution in [0.3, 0.4) is 0 Å². The molecule has 0 radical (unpaired) electrons. The lowest BCUT2D eigenvalue weighted by atomic mass is 9.86. The average molecular weight is 820 g/mol. The Morgan fingerprint density at radius 3 is 2.48 bits per heavy atom. The molecule has 4 amide bonds. The van der Waals surface area contributed by atoms with Crippen molar-refractivity contribution < 1.29 is 42.2 Å². The van der Waals surface area contributed by atoms with E-state index < -0.39 is 68.2 Å². The van der Waals surface area contributed by atoms with Gasteiger partial charge in [-0.05, 0) is 101 Å². The third-order valence-corrected chi connectivity index (χ3v) is 16.0. The maximum atomic E-state index is 15.3. The number of pyridine rings is 1. The molecule has 2 aromatic rings. The van der Waals surface area contributed by atoms with Crippen LogP contribution in [0, 0.1) is 29.6 Å². The lowest BCUT2D eigenvalue weighted by molar-refractivity contribution is -0.145. The molecule has 3 N–H and O–H groups in total. The van der Waals surface area contributed by atoms with E-state index in [9.17, 15) is 27.9 Å². The van der Waals surface area contributed by atoms with Crippen molar-refractivity contribution in [2.24, 2.45) is 29.6 Å². The maximum absolute atomic E-state index is 15.3. The zero-order chi connectivity index (χ0) is 41.1. The quantitative estimate of drug-likeness (QED) is 0.262. The number of benzene rings is 1. The summed E-state index contributed by atoms with van der Waals surface area (Å²) in [6.45, 7) is 8.13. The summed E-state index contributed by atoms with van der Waals surface area (Å²) in [6, 6.07) is 5.04. The van der Waals surface area contributed by atoms with Crippen molar-refractivity contribution >= 4 is 44.6 Å². The van der Waals surface area contributed by atoms with Crippen LogP contribution in [0.2, 0.25) is 0 Å². The minimum absolute atomic E-state index is 0.0293. The van der Waals surface area contributed by atoms with E-state index in [0.29, 0.717) is 74.0 Å². The Hall–Kier alpha value is -4.40. The van der Waals surface area contributed by atoms with E-state index in [2.05, 4.69) is 21.9 Å². The van der Waals surface area contributed by atoms with Gasteiger partial charge in [-0.25, -0.2) is 18.2 Å². The molecule has 5 fully saturated rings. The Morgan fingerprint density at radius 2 is 1.79 bits per heavy atom. The third-order valence-electron chi connectivity index (χ3n) is 13.8. The molecule has 4 aliphatic carbocycles. The fraction of sp³-hybridized carbons (Fsp3) is 0.651. The van der Waals surface area contributed by atoms with E-state index in [0.717, 1.165) is 24.6 Å². The van der Waals surface area contributed by atoms with Gasteiger partial charge >= 0.3 is 6.09 Å². The monoisotopic (exact) mass is 819 g/mol. The van der Waals surface area contributed by atoms with Gasteiger partial charge in [0.2, 0.25) is 27.7 Å². The fourth-order valence-electron chi connectivity index (χ4n) is 9.90. The molecule has 6 aliphatic rings. The summed E-state index contributed by atoms with van der Waals surface area (Å²) in [5.74, 6) is -0.733. The van der Waals surface area contributed by atoms with Gasteiger partial charge in [-0.3, -0.25) is 24.0 Å². The summed E-state index contributed by atoms with van der Waals surface area (Å²) in [7, 11) is -4.01. The second kappa shape index (κ2) is 15.3. The van der Waals surface area contributed by atoms with E-state index in [4.69, 9.17) is 9.47 Å². The highest BCUT2D eigenvalue weighted by Crippen LogP contribution is 2.54. The van der Waals surface area contributed by atoms with E-state index in [1.165, 1.54) is 9.80 Å². The van der Waals surface area contributed by atoms with Crippen LogP contribution in [0.5, 0.6) is 11.6 Å². The summed E-state index contributed by atoms with van der Waals surface area (Å²) >= 11 is 0. The first kappa shape index (κ1) is 40.4. The molecule has 4 saturated carbocycles. The van der Waals surface area contributed by atoms with Crippen molar-refractivity contribution in [3.63, 3.8) is 0 Å². The molecule has 3 heterocycles. The van der Waals surface area contributed by atoms with Crippen LogP contribution in [0.25, 0.3) is 10.8 Å². The first-order chi connectivity index (χ1) is 27.6. The van der Waals surface area contributed by atoms with Gasteiger partial charge < -0.3 is 24.8 Å². The summed E-state index contributed by atoms with van der Waals surface area (Å²) in [4.78, 5) is 64.7. The molecule has 1 saturated heterocycles. The second-order valence-corrected chi connectivity index (χ2v) is 20.5. The van der Waals surface area contributed by atoms with Gasteiger partial charge in [0.05, 0.1) is 24.1 Å². The Labute approximate surface area is 340 Å². The number of ether oxygens (including phenoxy) is 2. The molecule has 0 spiro atoms. The molecule has 15 heteroatoms. The number of amides is 4. The first-order valence-corrected chi connectivity index (χ1v) is 22.7. The second-order valence-electron chi connectivity index (χ2n) is 18.3. The van der Waals surface area contributed by atoms with Crippen LogP contribution < -0.4 is 19.5 Å². The van der Waals surface area contributed by atoms with Crippen LogP contribution in [-0.2, 0) is 24.4 Å². The summed E-state index contributed by atoms with van der Waals surface area (Å²) in [5.41, 5.74) is -1.54. The SMILES string of the molecule is CCCOc1cnc(O[C@@H]2C[C@H]3C(=O)N[C@]4(C(=O)NS(=O)(=O)C5(C)CC5)C[C@H]4/C=C\CC[C@@H](C)C[C@@H](C)[C@H](N(C(=O)O)C4CC5C[C@H]5C4)C(=O)N3C2)c2ccccc12. The highest BCUT2D eigenvalue weighted by atomic mass is 32.2. The standard InChI is InChI=1S/C43H57N5O9S/c1-5-16-56-35-23-44-38(33-13-9-8-12-32(33)35)57-31-21-34-37(49)45-43(40(51)46-58(54,55)42(4)14-15-42)22-29(43)11-7-6-10-25(2)17-26(3)36(39(50)47(34)24-31)48(41(52)53)30-19-27-18-28(27)20-30/h7-9,11-13,23,25-31,34,36H,5-6,10,14-22,24H2,1-4H3,(H,45,49)(H,46,51)(H,52,53)/b11-7-/t25-,26-,27+,28?,29-,30?,31-,34+,36+,43-/m1/s1. The molecule has 1 aromatic carbocycles. The number of carbonyl (C=O) groups is 4. The number of nitrogens with one attached hydrogen (secondary N) is 2. The van der Waals surface area contributed by atoms with Crippen LogP contribution in [0.15, 0.2) is 42.6 Å². The largest absolute Gasteiger partial charge is 0.491 e. The molecule has 1 aromatic heterocycles. The smallest absolute Gasteiger partial charge is 0.408 e. The highest BCUT2D eigenvalue weighted by molar-refractivity contribution is 7.91. The van der Waals surface area contributed by atoms with Crippen molar-refractivity contribution in [3.05, 3.63) is 42.6 Å². The lowest BCUT2D eigenvalue weighted by Crippen LogP contribution is -2.61. The minimum Gasteiger partial charge on any atom is -0.491 e. The van der Waals surface area contributed by atoms with Gasteiger partial charge in [0.15, 0.2) is 0 Å². The number of sulfonamides is 1. The Bertz CT molecular complexity index is 2100. The molecule has 8 rings (SSSR count). The van der Waals surface area contributed by atoms with Gasteiger partial charge in [-0.1, -0.05) is 51.1 Å². The average Bonchev–Trinajstić information content (AvgIpc) is 4.14. The Morgan fingerprint density at radius 1 is 1.07 bits per heavy atom. The van der Waals surface area contributed by atoms with E-state index in [-0.39, 0.29) is 37.3 Å². The number of allylic oxidation sites excluding steroid dienone is 1. The van der Waals surface area contributed by atoms with Crippen molar-refractivity contribution in [3.8, 4) is 11.6 Å². The molecule has 314 valence electrons. The highest BCUT2D eigenvalue weighted by Gasteiger charge is 2.63. The van der Waals surface area contributed by atoms with Crippen LogP contribution in [-0.4, -0.2) is 99.8 Å². The summed E-state index contributed by atoms with van der Waals surface area (Å²) in [5, 5.41) is 15.3. The number of carbonyl (C=O) groups excluding carboxylic acids is 3. The van der Waals surface area contributed by atoms with Gasteiger partial charge in [0, 0.05) is 29.2 Å². The molecular formula is C43H57N5O9S. The Kier molecular flexibility index (Phi) is 10.7. The van der Waals surface area contributed by atoms with E-state index in [1.54, 1.807) is 13.1 Å². The molecule has 58 heavy (non-hydrogen) atoms. The molecule has 10 atom stereocenters. The van der Waals surface area contributed by atoms with Gasteiger partial charge in [-0.15, -0.1) is 0 Å². The third kappa shape index (κ3) is 7.63. The number of aromatic nitrogens is 1. The number of fused-ring (bicyclic) bond motifs is 4. The van der Waals surface area contributed by atoms with Gasteiger partial charge in [-0.2, -0.15) is 0 Å². The maximum Gasteiger partial charge on any atom is 0.408 e. The fourth-order valence-corrected chi connectivity index (χ4v) is 11.2. The van der Waals surface area contributed by atoms with Crippen molar-refractivity contribution in [2.75, 3.05) is 13.2 Å². The number of hydrogen-bond donors (Lipinski definition) is 3. The van der Waals surface area contributed by atoms with E-state index >= 15 is 4.79 Å². The minimum atomic E-state index is -4.01. The zero-order valence-electron chi connectivity index (χ0n) is 33.9. The number of hydrogen-bond acceptors (Lipinski definition) is 9. The number of rotatable bonds is 10. The molecule has 2 unspecified atom stereocenters. The summed E-state index contributed by atoms with van der Waals surface area (Å²) in [6.07, 6.45) is 10.0. The van der Waals surface area contributed by atoms with E-state index in [1.807, 2.05) is 50.3 Å². The molecule has 2 aliphatic heterocycles. The molecular weight excluding hydrogens is 763 g/mol. The topological polar surface area (TPSA) is 185 Å². The van der Waals surface area contributed by atoms with Gasteiger partial charge in [0.25, 0.3) is 5.91 Å². The number of nitrogens with zero attached hydrogens (tertiary/aromatic N) is 3. The molecule has 0 bridgehead atoms. The zero-order valence-corrected chi connectivity index (χ0v) is 34.7. The number of carboxylic acid groups (broad SMARTS) is 1. The lowest BCUT2D eigenvalue weighted by Gasteiger charge is -2.40. The van der Waals surface area contributed by atoms with Crippen molar-refractivity contribution in [1.82, 2.24) is 24.8 Å². The van der Waals surface area contributed by atoms with Crippen molar-refractivity contribution in [1.29, 1.82) is 0 Å². The first-order valence-electron chi connectivity index (χ1n) is 21.2. The van der Waals surface area contributed by atoms with Crippen molar-refractivity contribution in [2.45, 2.75) is 133 Å². The molecule has 14 nitrogen and oxygen atoms in total. The predicted molar refractivity (Wildman–Crippen MR) is 215 cm³/mol. The van der Waals surface area contributed by atoms with Crippen LogP contribution >= 0.6 is 0 Å². The summed E-state index contributed by atoms with van der Waals surface area (Å²) < 4.78 is 40.3. The van der Waals surface area contributed by atoms with Crippen LogP contribution in [0.4, 0.5) is 4.79 Å².